The second kappa shape index (κ2) is 2.69. The van der Waals surface area contributed by atoms with Gasteiger partial charge in [0.2, 0.25) is 0 Å². The summed E-state index contributed by atoms with van der Waals surface area (Å²) in [5.74, 6) is 0.493. The second-order valence-electron chi connectivity index (χ2n) is 3.94. The van der Waals surface area contributed by atoms with Crippen LogP contribution in [0.3, 0.4) is 0 Å². The van der Waals surface area contributed by atoms with Crippen LogP contribution in [0.5, 0.6) is 0 Å². The van der Waals surface area contributed by atoms with Crippen molar-refractivity contribution in [2.24, 2.45) is 11.2 Å². The van der Waals surface area contributed by atoms with Crippen LogP contribution in [0.15, 0.2) is 5.29 Å². The molecule has 12 heavy (non-hydrogen) atoms. The fraction of sp³-hybridized carbons (Fsp3) is 1.00. The lowest BCUT2D eigenvalue weighted by atomic mass is 10.0. The van der Waals surface area contributed by atoms with Gasteiger partial charge in [0.05, 0.1) is 17.4 Å². The summed E-state index contributed by atoms with van der Waals surface area (Å²) in [6.07, 6.45) is 2.54. The van der Waals surface area contributed by atoms with Gasteiger partial charge in [0, 0.05) is 6.04 Å². The van der Waals surface area contributed by atoms with Crippen LogP contribution in [0, 0.1) is 10.8 Å². The van der Waals surface area contributed by atoms with Gasteiger partial charge in [0.1, 0.15) is 0 Å². The summed E-state index contributed by atoms with van der Waals surface area (Å²) >= 11 is 0. The third-order valence-electron chi connectivity index (χ3n) is 3.21. The van der Waals surface area contributed by atoms with E-state index >= 15 is 0 Å². The van der Waals surface area contributed by atoms with Gasteiger partial charge in [-0.2, -0.15) is 0 Å². The highest BCUT2D eigenvalue weighted by Crippen LogP contribution is 2.41. The molecule has 0 aromatic rings. The Balaban J connectivity index is 2.17. The highest BCUT2D eigenvalue weighted by atomic mass is 16.3. The van der Waals surface area contributed by atoms with Crippen molar-refractivity contribution in [3.05, 3.63) is 4.91 Å². The van der Waals surface area contributed by atoms with Gasteiger partial charge in [-0.1, -0.05) is 0 Å². The molecule has 0 spiro atoms. The number of nitroso groups, excluding NO2 is 1. The second-order valence-corrected chi connectivity index (χ2v) is 3.94. The van der Waals surface area contributed by atoms with Crippen LogP contribution in [-0.2, 0) is 0 Å². The number of hydrogen-bond acceptors (Lipinski definition) is 3. The van der Waals surface area contributed by atoms with E-state index in [4.69, 9.17) is 0 Å². The predicted molar refractivity (Wildman–Crippen MR) is 44.2 cm³/mol. The Morgan fingerprint density at radius 3 is 2.92 bits per heavy atom. The van der Waals surface area contributed by atoms with Crippen molar-refractivity contribution < 1.29 is 5.11 Å². The molecule has 0 aromatic heterocycles. The number of aliphatic hydroxyl groups excluding tert-OH is 1. The van der Waals surface area contributed by atoms with E-state index < -0.39 is 0 Å². The Labute approximate surface area is 71.5 Å². The van der Waals surface area contributed by atoms with Crippen molar-refractivity contribution in [2.45, 2.75) is 44.4 Å². The molecule has 2 fully saturated rings. The molecule has 1 N–H and O–H groups in total. The molecule has 0 bridgehead atoms. The molecule has 0 aromatic carbocycles. The van der Waals surface area contributed by atoms with Gasteiger partial charge in [-0.15, -0.1) is 4.91 Å². The Bertz CT molecular complexity index is 197. The summed E-state index contributed by atoms with van der Waals surface area (Å²) in [6, 6.07) is 0.227. The summed E-state index contributed by atoms with van der Waals surface area (Å²) in [6.45, 7) is 1.99. The zero-order chi connectivity index (χ0) is 8.72. The van der Waals surface area contributed by atoms with Gasteiger partial charge in [-0.25, -0.2) is 0 Å². The van der Waals surface area contributed by atoms with E-state index in [1.165, 1.54) is 0 Å². The zero-order valence-electron chi connectivity index (χ0n) is 7.18. The maximum atomic E-state index is 10.5. The summed E-state index contributed by atoms with van der Waals surface area (Å²) in [4.78, 5) is 10.5. The van der Waals surface area contributed by atoms with Crippen LogP contribution < -0.4 is 0 Å². The molecule has 2 rings (SSSR count). The quantitative estimate of drug-likeness (QED) is 0.595. The summed E-state index contributed by atoms with van der Waals surface area (Å²) < 4.78 is 0. The monoisotopic (exact) mass is 170 g/mol. The summed E-state index contributed by atoms with van der Waals surface area (Å²) in [5.41, 5.74) is 0. The van der Waals surface area contributed by atoms with Crippen LogP contribution in [-0.4, -0.2) is 28.3 Å². The highest BCUT2D eigenvalue weighted by molar-refractivity contribution is 4.98. The molecule has 1 aliphatic carbocycles. The molecule has 4 heteroatoms. The van der Waals surface area contributed by atoms with Gasteiger partial charge in [-0.05, 0) is 32.1 Å². The average molecular weight is 170 g/mol. The van der Waals surface area contributed by atoms with Crippen molar-refractivity contribution in [3.8, 4) is 0 Å². The van der Waals surface area contributed by atoms with Crippen LogP contribution in [0.25, 0.3) is 0 Å². The van der Waals surface area contributed by atoms with Crippen molar-refractivity contribution >= 4 is 0 Å². The smallest absolute Gasteiger partial charge is 0.0793 e. The van der Waals surface area contributed by atoms with Crippen molar-refractivity contribution in [1.29, 1.82) is 0 Å². The summed E-state index contributed by atoms with van der Waals surface area (Å²) in [7, 11) is 0. The van der Waals surface area contributed by atoms with E-state index in [-0.39, 0.29) is 18.2 Å². The molecule has 2 aliphatic rings. The van der Waals surface area contributed by atoms with Gasteiger partial charge >= 0.3 is 0 Å². The zero-order valence-corrected chi connectivity index (χ0v) is 7.18. The fourth-order valence-corrected chi connectivity index (χ4v) is 2.66. The largest absolute Gasteiger partial charge is 0.391 e. The van der Waals surface area contributed by atoms with Crippen LogP contribution in [0.4, 0.5) is 0 Å². The molecular weight excluding hydrogens is 156 g/mol. The van der Waals surface area contributed by atoms with Crippen molar-refractivity contribution in [2.75, 3.05) is 0 Å². The minimum Gasteiger partial charge on any atom is -0.391 e. The highest BCUT2D eigenvalue weighted by Gasteiger charge is 2.47. The molecule has 1 saturated carbocycles. The van der Waals surface area contributed by atoms with Crippen LogP contribution in [0.2, 0.25) is 0 Å². The number of aliphatic hydroxyl groups is 1. The molecule has 0 unspecified atom stereocenters. The van der Waals surface area contributed by atoms with E-state index in [9.17, 15) is 10.0 Å². The molecule has 4 atom stereocenters. The topological polar surface area (TPSA) is 52.9 Å². The van der Waals surface area contributed by atoms with E-state index in [1.54, 1.807) is 5.01 Å². The Morgan fingerprint density at radius 1 is 1.50 bits per heavy atom. The van der Waals surface area contributed by atoms with Gasteiger partial charge in [0.25, 0.3) is 0 Å². The lowest BCUT2D eigenvalue weighted by Gasteiger charge is -2.23. The van der Waals surface area contributed by atoms with E-state index in [2.05, 4.69) is 5.29 Å². The number of nitrogens with zero attached hydrogens (tertiary/aromatic N) is 2. The van der Waals surface area contributed by atoms with Crippen LogP contribution in [0.1, 0.15) is 26.2 Å². The van der Waals surface area contributed by atoms with E-state index in [1.807, 2.05) is 6.92 Å². The third kappa shape index (κ3) is 0.941. The molecule has 0 amide bonds. The minimum atomic E-state index is -0.336. The van der Waals surface area contributed by atoms with Gasteiger partial charge in [-0.3, -0.25) is 5.01 Å². The number of hydrogen-bond donors (Lipinski definition) is 1. The van der Waals surface area contributed by atoms with Crippen molar-refractivity contribution in [1.82, 2.24) is 5.01 Å². The van der Waals surface area contributed by atoms with E-state index in [0.29, 0.717) is 5.92 Å². The predicted octanol–water partition coefficient (Wildman–Crippen LogP) is 0.901. The SMILES string of the molecule is C[C@H]1C[C@@H]2CC[C@H](O)[C@@H]2N1N=O. The summed E-state index contributed by atoms with van der Waals surface area (Å²) in [5, 5.41) is 14.1. The molecule has 4 nitrogen and oxygen atoms in total. The fourth-order valence-electron chi connectivity index (χ4n) is 2.66. The lowest BCUT2D eigenvalue weighted by Crippen LogP contribution is -2.37. The molecule has 1 saturated heterocycles. The molecule has 0 radical (unpaired) electrons. The first kappa shape index (κ1) is 7.98. The normalized spacial score (nSPS) is 46.3. The third-order valence-corrected chi connectivity index (χ3v) is 3.21. The van der Waals surface area contributed by atoms with Crippen LogP contribution >= 0.6 is 0 Å². The standard InChI is InChI=1S/C8H14N2O2/c1-5-4-6-2-3-7(11)8(6)10(5)9-12/h5-8,11H,2-4H2,1H3/t5-,6-,7-,8+/m0/s1. The Morgan fingerprint density at radius 2 is 2.25 bits per heavy atom. The van der Waals surface area contributed by atoms with Crippen molar-refractivity contribution in [3.63, 3.8) is 0 Å². The maximum absolute atomic E-state index is 10.5. The Kier molecular flexibility index (Phi) is 1.79. The first-order valence-electron chi connectivity index (χ1n) is 4.53. The maximum Gasteiger partial charge on any atom is 0.0793 e. The van der Waals surface area contributed by atoms with E-state index in [0.717, 1.165) is 19.3 Å². The van der Waals surface area contributed by atoms with Gasteiger partial charge < -0.3 is 5.11 Å². The minimum absolute atomic E-state index is 0.0116. The number of fused-ring (bicyclic) bond motifs is 1. The molecular formula is C8H14N2O2. The van der Waals surface area contributed by atoms with Gasteiger partial charge in [0.15, 0.2) is 0 Å². The molecule has 1 heterocycles. The number of rotatable bonds is 1. The first-order valence-corrected chi connectivity index (χ1v) is 4.53. The lowest BCUT2D eigenvalue weighted by molar-refractivity contribution is 0.0709. The molecule has 68 valence electrons. The average Bonchev–Trinajstić information content (AvgIpc) is 2.52. The molecule has 1 aliphatic heterocycles. The first-order chi connectivity index (χ1) is 5.74. The Hall–Kier alpha value is -0.640.